The third-order valence-electron chi connectivity index (χ3n) is 2.68. The van der Waals surface area contributed by atoms with Crippen LogP contribution >= 0.6 is 0 Å². The standard InChI is InChI=1S/C11H14N2O/c1-9-4-5-12-7-10(9)8-13-6-2-3-11(13)14/h4-5,7H,2-3,6,8H2,1H3. The van der Waals surface area contributed by atoms with Crippen LogP contribution in [0.5, 0.6) is 0 Å². The van der Waals surface area contributed by atoms with Gasteiger partial charge in [-0.05, 0) is 30.5 Å². The van der Waals surface area contributed by atoms with Gasteiger partial charge in [-0.25, -0.2) is 0 Å². The number of hydrogen-bond donors (Lipinski definition) is 0. The molecule has 0 atom stereocenters. The zero-order chi connectivity index (χ0) is 9.97. The minimum atomic E-state index is 0.272. The minimum Gasteiger partial charge on any atom is -0.338 e. The Morgan fingerprint density at radius 2 is 2.43 bits per heavy atom. The lowest BCUT2D eigenvalue weighted by atomic mass is 10.1. The van der Waals surface area contributed by atoms with E-state index in [1.54, 1.807) is 6.20 Å². The molecule has 0 radical (unpaired) electrons. The topological polar surface area (TPSA) is 33.2 Å². The Labute approximate surface area is 83.8 Å². The molecule has 3 nitrogen and oxygen atoms in total. The van der Waals surface area contributed by atoms with E-state index in [4.69, 9.17) is 0 Å². The normalized spacial score (nSPS) is 16.4. The maximum Gasteiger partial charge on any atom is 0.222 e. The van der Waals surface area contributed by atoms with Gasteiger partial charge < -0.3 is 4.90 Å². The summed E-state index contributed by atoms with van der Waals surface area (Å²) in [5.41, 5.74) is 2.36. The molecule has 1 aromatic heterocycles. The Balaban J connectivity index is 2.10. The van der Waals surface area contributed by atoms with Gasteiger partial charge in [0.1, 0.15) is 0 Å². The Morgan fingerprint density at radius 3 is 3.07 bits per heavy atom. The van der Waals surface area contributed by atoms with Crippen molar-refractivity contribution in [3.8, 4) is 0 Å². The molecule has 1 aromatic rings. The lowest BCUT2D eigenvalue weighted by Gasteiger charge is -2.16. The number of carbonyl (C=O) groups excluding carboxylic acids is 1. The predicted octanol–water partition coefficient (Wildman–Crippen LogP) is 1.51. The van der Waals surface area contributed by atoms with Gasteiger partial charge in [0, 0.05) is 31.9 Å². The highest BCUT2D eigenvalue weighted by atomic mass is 16.2. The molecular formula is C11H14N2O. The van der Waals surface area contributed by atoms with Crippen molar-refractivity contribution in [1.82, 2.24) is 9.88 Å². The van der Waals surface area contributed by atoms with Crippen molar-refractivity contribution in [3.05, 3.63) is 29.6 Å². The maximum absolute atomic E-state index is 11.4. The lowest BCUT2D eigenvalue weighted by Crippen LogP contribution is -2.24. The van der Waals surface area contributed by atoms with Crippen LogP contribution in [0.4, 0.5) is 0 Å². The summed E-state index contributed by atoms with van der Waals surface area (Å²) >= 11 is 0. The molecule has 0 unspecified atom stereocenters. The molecule has 0 saturated carbocycles. The zero-order valence-electron chi connectivity index (χ0n) is 8.36. The Bertz CT molecular complexity index is 349. The molecule has 1 fully saturated rings. The molecule has 74 valence electrons. The van der Waals surface area contributed by atoms with Crippen LogP contribution in [0.25, 0.3) is 0 Å². The summed E-state index contributed by atoms with van der Waals surface area (Å²) in [6, 6.07) is 1.98. The van der Waals surface area contributed by atoms with Gasteiger partial charge in [0.25, 0.3) is 0 Å². The van der Waals surface area contributed by atoms with Crippen LogP contribution < -0.4 is 0 Å². The molecule has 0 N–H and O–H groups in total. The van der Waals surface area contributed by atoms with Crippen LogP contribution in [-0.2, 0) is 11.3 Å². The van der Waals surface area contributed by atoms with Crippen molar-refractivity contribution >= 4 is 5.91 Å². The summed E-state index contributed by atoms with van der Waals surface area (Å²) < 4.78 is 0. The number of nitrogens with zero attached hydrogens (tertiary/aromatic N) is 2. The first kappa shape index (κ1) is 9.19. The summed E-state index contributed by atoms with van der Waals surface area (Å²) in [7, 11) is 0. The molecule has 1 saturated heterocycles. The number of rotatable bonds is 2. The molecule has 1 amide bonds. The molecule has 0 bridgehead atoms. The fourth-order valence-corrected chi connectivity index (χ4v) is 1.74. The third kappa shape index (κ3) is 1.76. The van der Waals surface area contributed by atoms with Gasteiger partial charge in [0.15, 0.2) is 0 Å². The molecular weight excluding hydrogens is 176 g/mol. The van der Waals surface area contributed by atoms with Crippen LogP contribution in [0.1, 0.15) is 24.0 Å². The van der Waals surface area contributed by atoms with Gasteiger partial charge in [-0.3, -0.25) is 9.78 Å². The smallest absolute Gasteiger partial charge is 0.222 e. The van der Waals surface area contributed by atoms with Crippen LogP contribution in [0.3, 0.4) is 0 Å². The van der Waals surface area contributed by atoms with Crippen molar-refractivity contribution in [2.75, 3.05) is 6.54 Å². The number of pyridine rings is 1. The first-order valence-electron chi connectivity index (χ1n) is 4.94. The molecule has 0 aromatic carbocycles. The number of carbonyl (C=O) groups is 1. The second-order valence-corrected chi connectivity index (χ2v) is 3.72. The molecule has 2 heterocycles. The van der Waals surface area contributed by atoms with Crippen molar-refractivity contribution in [1.29, 1.82) is 0 Å². The monoisotopic (exact) mass is 190 g/mol. The van der Waals surface area contributed by atoms with Crippen LogP contribution in [0, 0.1) is 6.92 Å². The van der Waals surface area contributed by atoms with E-state index in [1.807, 2.05) is 17.2 Å². The molecule has 2 rings (SSSR count). The van der Waals surface area contributed by atoms with Gasteiger partial charge in [-0.2, -0.15) is 0 Å². The SMILES string of the molecule is Cc1ccncc1CN1CCCC1=O. The van der Waals surface area contributed by atoms with Crippen molar-refractivity contribution in [3.63, 3.8) is 0 Å². The van der Waals surface area contributed by atoms with Gasteiger partial charge in [-0.15, -0.1) is 0 Å². The summed E-state index contributed by atoms with van der Waals surface area (Å²) in [6.45, 7) is 3.67. The first-order valence-corrected chi connectivity index (χ1v) is 4.94. The summed E-state index contributed by atoms with van der Waals surface area (Å²) in [4.78, 5) is 17.4. The highest BCUT2D eigenvalue weighted by Gasteiger charge is 2.20. The molecule has 1 aliphatic rings. The van der Waals surface area contributed by atoms with Crippen molar-refractivity contribution in [2.45, 2.75) is 26.3 Å². The second kappa shape index (κ2) is 3.78. The van der Waals surface area contributed by atoms with E-state index in [2.05, 4.69) is 11.9 Å². The van der Waals surface area contributed by atoms with Crippen LogP contribution in [-0.4, -0.2) is 22.3 Å². The number of amides is 1. The molecule has 0 aliphatic carbocycles. The van der Waals surface area contributed by atoms with E-state index in [0.717, 1.165) is 25.1 Å². The molecule has 3 heteroatoms. The predicted molar refractivity (Wildman–Crippen MR) is 53.6 cm³/mol. The van der Waals surface area contributed by atoms with Gasteiger partial charge in [-0.1, -0.05) is 0 Å². The van der Waals surface area contributed by atoms with E-state index >= 15 is 0 Å². The van der Waals surface area contributed by atoms with Crippen molar-refractivity contribution in [2.24, 2.45) is 0 Å². The molecule has 14 heavy (non-hydrogen) atoms. The van der Waals surface area contributed by atoms with E-state index in [9.17, 15) is 4.79 Å². The first-order chi connectivity index (χ1) is 6.77. The van der Waals surface area contributed by atoms with E-state index in [0.29, 0.717) is 6.42 Å². The number of hydrogen-bond acceptors (Lipinski definition) is 2. The van der Waals surface area contributed by atoms with Crippen LogP contribution in [0.2, 0.25) is 0 Å². The largest absolute Gasteiger partial charge is 0.338 e. The average Bonchev–Trinajstić information content (AvgIpc) is 2.56. The van der Waals surface area contributed by atoms with E-state index < -0.39 is 0 Å². The van der Waals surface area contributed by atoms with Crippen molar-refractivity contribution < 1.29 is 4.79 Å². The number of aromatic nitrogens is 1. The van der Waals surface area contributed by atoms with Gasteiger partial charge in [0.2, 0.25) is 5.91 Å². The summed E-state index contributed by atoms with van der Waals surface area (Å²) in [5, 5.41) is 0. The average molecular weight is 190 g/mol. The highest BCUT2D eigenvalue weighted by molar-refractivity contribution is 5.78. The molecule has 0 spiro atoms. The minimum absolute atomic E-state index is 0.272. The van der Waals surface area contributed by atoms with E-state index in [1.165, 1.54) is 5.56 Å². The fourth-order valence-electron chi connectivity index (χ4n) is 1.74. The third-order valence-corrected chi connectivity index (χ3v) is 2.68. The maximum atomic E-state index is 11.4. The van der Waals surface area contributed by atoms with E-state index in [-0.39, 0.29) is 5.91 Å². The summed E-state index contributed by atoms with van der Waals surface area (Å²) in [5.74, 6) is 0.272. The summed E-state index contributed by atoms with van der Waals surface area (Å²) in [6.07, 6.45) is 5.34. The zero-order valence-corrected chi connectivity index (χ0v) is 8.36. The highest BCUT2D eigenvalue weighted by Crippen LogP contribution is 2.15. The number of aryl methyl sites for hydroxylation is 1. The Morgan fingerprint density at radius 1 is 1.57 bits per heavy atom. The van der Waals surface area contributed by atoms with Gasteiger partial charge in [0.05, 0.1) is 0 Å². The Hall–Kier alpha value is -1.38. The quantitative estimate of drug-likeness (QED) is 0.708. The number of likely N-dealkylation sites (tertiary alicyclic amines) is 1. The second-order valence-electron chi connectivity index (χ2n) is 3.72. The van der Waals surface area contributed by atoms with Crippen LogP contribution in [0.15, 0.2) is 18.5 Å². The van der Waals surface area contributed by atoms with Gasteiger partial charge >= 0.3 is 0 Å². The molecule has 1 aliphatic heterocycles. The fraction of sp³-hybridized carbons (Fsp3) is 0.455. The Kier molecular flexibility index (Phi) is 2.48. The lowest BCUT2D eigenvalue weighted by molar-refractivity contribution is -0.128.